The molecule has 3 aromatic rings. The van der Waals surface area contributed by atoms with Crippen LogP contribution in [0.5, 0.6) is 0 Å². The molecule has 1 heterocycles. The largest absolute Gasteiger partial charge is 0.308 e. The van der Waals surface area contributed by atoms with Crippen molar-refractivity contribution >= 4 is 50.9 Å². The molecule has 14 heteroatoms. The van der Waals surface area contributed by atoms with Gasteiger partial charge in [0.2, 0.25) is 5.69 Å². The molecule has 0 amide bonds. The Labute approximate surface area is 159 Å². The van der Waals surface area contributed by atoms with Crippen molar-refractivity contribution in [2.45, 2.75) is 0 Å². The first-order valence-electron chi connectivity index (χ1n) is 7.33. The molecular formula is C14H8ClN7O6. The predicted octanol–water partition coefficient (Wildman–Crippen LogP) is 3.45. The van der Waals surface area contributed by atoms with Gasteiger partial charge in [-0.3, -0.25) is 41.2 Å². The Balaban J connectivity index is 2.08. The van der Waals surface area contributed by atoms with E-state index in [1.54, 1.807) is 24.3 Å². The van der Waals surface area contributed by atoms with Crippen LogP contribution in [-0.4, -0.2) is 25.0 Å². The van der Waals surface area contributed by atoms with Crippen LogP contribution in [0.4, 0.5) is 28.6 Å². The molecule has 0 aliphatic rings. The molecule has 2 aromatic carbocycles. The van der Waals surface area contributed by atoms with Crippen LogP contribution in [0.25, 0.3) is 10.8 Å². The number of rotatable bonds is 6. The molecule has 0 aliphatic carbocycles. The number of aromatic nitrogens is 2. The van der Waals surface area contributed by atoms with E-state index in [4.69, 9.17) is 11.6 Å². The smallest absolute Gasteiger partial charge is 0.287 e. The Morgan fingerprint density at radius 3 is 1.93 bits per heavy atom. The second-order valence-corrected chi connectivity index (χ2v) is 5.62. The highest BCUT2D eigenvalue weighted by Gasteiger charge is 2.30. The summed E-state index contributed by atoms with van der Waals surface area (Å²) in [6.45, 7) is 0. The molecule has 0 saturated heterocycles. The van der Waals surface area contributed by atoms with Gasteiger partial charge in [-0.2, -0.15) is 0 Å². The molecule has 0 saturated carbocycles. The first-order chi connectivity index (χ1) is 13.3. The fraction of sp³-hybridized carbons (Fsp3) is 0. The van der Waals surface area contributed by atoms with E-state index in [0.29, 0.717) is 22.9 Å². The molecule has 13 nitrogen and oxygen atoms in total. The van der Waals surface area contributed by atoms with Gasteiger partial charge in [-0.25, -0.2) is 0 Å². The highest BCUT2D eigenvalue weighted by Crippen LogP contribution is 2.38. The van der Waals surface area contributed by atoms with Crippen molar-refractivity contribution in [1.82, 2.24) is 10.2 Å². The fourth-order valence-corrected chi connectivity index (χ4v) is 2.61. The molecule has 0 bridgehead atoms. The van der Waals surface area contributed by atoms with Gasteiger partial charge in [0, 0.05) is 10.8 Å². The average Bonchev–Trinajstić information content (AvgIpc) is 2.66. The zero-order valence-electron chi connectivity index (χ0n) is 13.5. The Bertz CT molecular complexity index is 1100. The molecule has 0 atom stereocenters. The van der Waals surface area contributed by atoms with Crippen LogP contribution in [0.15, 0.2) is 36.4 Å². The van der Waals surface area contributed by atoms with Gasteiger partial charge in [-0.05, 0) is 0 Å². The third-order valence-electron chi connectivity index (χ3n) is 3.63. The quantitative estimate of drug-likeness (QED) is 0.455. The summed E-state index contributed by atoms with van der Waals surface area (Å²) in [5.41, 5.74) is 1.75. The lowest BCUT2D eigenvalue weighted by Gasteiger charge is -2.11. The van der Waals surface area contributed by atoms with Crippen molar-refractivity contribution in [3.8, 4) is 0 Å². The number of hydrogen-bond donors (Lipinski definition) is 2. The Morgan fingerprint density at radius 2 is 1.39 bits per heavy atom. The zero-order valence-corrected chi connectivity index (χ0v) is 14.3. The van der Waals surface area contributed by atoms with Crippen molar-refractivity contribution in [3.05, 3.63) is 71.9 Å². The molecule has 1 aromatic heterocycles. The van der Waals surface area contributed by atoms with Crippen LogP contribution < -0.4 is 10.9 Å². The van der Waals surface area contributed by atoms with E-state index in [1.807, 2.05) is 0 Å². The number of benzene rings is 2. The van der Waals surface area contributed by atoms with Gasteiger partial charge < -0.3 is 0 Å². The molecule has 0 fully saturated rings. The first-order valence-corrected chi connectivity index (χ1v) is 7.71. The molecule has 0 radical (unpaired) electrons. The third kappa shape index (κ3) is 3.41. The SMILES string of the molecule is O=[N+]([O-])c1cc([N+](=O)[O-])c(NNc2nnc(Cl)c3ccccc23)c([N+](=O)[O-])c1. The van der Waals surface area contributed by atoms with Crippen molar-refractivity contribution in [2.24, 2.45) is 0 Å². The van der Waals surface area contributed by atoms with Crippen LogP contribution in [0.1, 0.15) is 0 Å². The number of hydrogen-bond acceptors (Lipinski definition) is 10. The van der Waals surface area contributed by atoms with Gasteiger partial charge in [0.05, 0.1) is 26.9 Å². The van der Waals surface area contributed by atoms with E-state index in [9.17, 15) is 30.3 Å². The lowest BCUT2D eigenvalue weighted by atomic mass is 10.2. The second kappa shape index (κ2) is 7.24. The van der Waals surface area contributed by atoms with Gasteiger partial charge in [0.15, 0.2) is 11.0 Å². The van der Waals surface area contributed by atoms with Gasteiger partial charge in [0.25, 0.3) is 5.69 Å². The average molecular weight is 406 g/mol. The van der Waals surface area contributed by atoms with Crippen molar-refractivity contribution in [2.75, 3.05) is 10.9 Å². The Hall–Kier alpha value is -4.13. The van der Waals surface area contributed by atoms with Crippen LogP contribution in [-0.2, 0) is 0 Å². The maximum Gasteiger partial charge on any atom is 0.308 e. The van der Waals surface area contributed by atoms with Crippen molar-refractivity contribution < 1.29 is 14.8 Å². The maximum absolute atomic E-state index is 11.3. The summed E-state index contributed by atoms with van der Waals surface area (Å²) in [6.07, 6.45) is 0. The van der Waals surface area contributed by atoms with Gasteiger partial charge in [-0.1, -0.05) is 35.9 Å². The Kier molecular flexibility index (Phi) is 4.82. The summed E-state index contributed by atoms with van der Waals surface area (Å²) in [5.74, 6) is 0.0851. The number of nitro benzene ring substituents is 3. The van der Waals surface area contributed by atoms with Crippen molar-refractivity contribution in [1.29, 1.82) is 0 Å². The van der Waals surface area contributed by atoms with E-state index in [-0.39, 0.29) is 11.0 Å². The van der Waals surface area contributed by atoms with E-state index in [0.717, 1.165) is 0 Å². The summed E-state index contributed by atoms with van der Waals surface area (Å²) in [4.78, 5) is 30.6. The number of anilines is 2. The number of non-ortho nitro benzene ring substituents is 1. The molecule has 142 valence electrons. The lowest BCUT2D eigenvalue weighted by Crippen LogP contribution is -2.14. The molecule has 3 rings (SSSR count). The van der Waals surface area contributed by atoms with E-state index in [1.165, 1.54) is 0 Å². The van der Waals surface area contributed by atoms with Crippen LogP contribution >= 0.6 is 11.6 Å². The second-order valence-electron chi connectivity index (χ2n) is 5.27. The zero-order chi connectivity index (χ0) is 20.4. The summed E-state index contributed by atoms with van der Waals surface area (Å²) < 4.78 is 0. The molecule has 0 unspecified atom stereocenters. The van der Waals surface area contributed by atoms with Gasteiger partial charge >= 0.3 is 11.4 Å². The minimum absolute atomic E-state index is 0.0851. The summed E-state index contributed by atoms with van der Waals surface area (Å²) >= 11 is 5.96. The summed E-state index contributed by atoms with van der Waals surface area (Å²) in [7, 11) is 0. The van der Waals surface area contributed by atoms with Crippen LogP contribution in [0, 0.1) is 30.3 Å². The van der Waals surface area contributed by atoms with Gasteiger partial charge in [-0.15, -0.1) is 10.2 Å². The maximum atomic E-state index is 11.3. The molecular weight excluding hydrogens is 398 g/mol. The number of nitrogens with zero attached hydrogens (tertiary/aromatic N) is 5. The van der Waals surface area contributed by atoms with Crippen molar-refractivity contribution in [3.63, 3.8) is 0 Å². The summed E-state index contributed by atoms with van der Waals surface area (Å²) in [6, 6.07) is 7.92. The van der Waals surface area contributed by atoms with E-state index < -0.39 is 37.5 Å². The minimum atomic E-state index is -0.977. The third-order valence-corrected chi connectivity index (χ3v) is 3.91. The lowest BCUT2D eigenvalue weighted by molar-refractivity contribution is -0.401. The molecule has 28 heavy (non-hydrogen) atoms. The topological polar surface area (TPSA) is 179 Å². The number of fused-ring (bicyclic) bond motifs is 1. The predicted molar refractivity (Wildman–Crippen MR) is 98.2 cm³/mol. The van der Waals surface area contributed by atoms with Gasteiger partial charge in [0.1, 0.15) is 0 Å². The highest BCUT2D eigenvalue weighted by molar-refractivity contribution is 6.34. The fourth-order valence-electron chi connectivity index (χ4n) is 2.40. The first kappa shape index (κ1) is 18.7. The normalized spacial score (nSPS) is 10.5. The standard InChI is InChI=1S/C14H8ClN7O6/c15-13-8-3-1-2-4-9(8)14(19-17-13)18-16-12-10(21(25)26)5-7(20(23)24)6-11(12)22(27)28/h1-6,16H,(H,18,19). The monoisotopic (exact) mass is 405 g/mol. The number of halogens is 1. The van der Waals surface area contributed by atoms with E-state index in [2.05, 4.69) is 21.0 Å². The molecule has 0 spiro atoms. The van der Waals surface area contributed by atoms with Crippen LogP contribution in [0.3, 0.4) is 0 Å². The van der Waals surface area contributed by atoms with E-state index >= 15 is 0 Å². The minimum Gasteiger partial charge on any atom is -0.287 e. The number of nitrogens with one attached hydrogen (secondary N) is 2. The number of nitro groups is 3. The number of hydrazine groups is 1. The molecule has 0 aliphatic heterocycles. The van der Waals surface area contributed by atoms with Crippen LogP contribution in [0.2, 0.25) is 5.15 Å². The highest BCUT2D eigenvalue weighted by atomic mass is 35.5. The Morgan fingerprint density at radius 1 is 0.821 bits per heavy atom. The molecule has 2 N–H and O–H groups in total. The summed E-state index contributed by atoms with van der Waals surface area (Å²) in [5, 5.41) is 42.2.